The highest BCUT2D eigenvalue weighted by atomic mass is 79.9. The van der Waals surface area contributed by atoms with Crippen LogP contribution in [0.2, 0.25) is 0 Å². The van der Waals surface area contributed by atoms with Gasteiger partial charge in [-0.05, 0) is 48.8 Å². The Morgan fingerprint density at radius 3 is 2.52 bits per heavy atom. The zero-order chi connectivity index (χ0) is 15.0. The molecule has 0 heterocycles. The maximum absolute atomic E-state index is 12.3. The molecule has 1 aromatic rings. The second kappa shape index (κ2) is 5.79. The number of carbonyl (C=O) groups is 2. The van der Waals surface area contributed by atoms with E-state index in [-0.39, 0.29) is 18.2 Å². The molecule has 0 bridgehead atoms. The number of benzene rings is 1. The lowest BCUT2D eigenvalue weighted by molar-refractivity contribution is -0.137. The number of halogens is 1. The lowest BCUT2D eigenvalue weighted by Crippen LogP contribution is -2.31. The lowest BCUT2D eigenvalue weighted by atomic mass is 10.0. The third kappa shape index (κ3) is 3.64. The number of amides is 1. The summed E-state index contributed by atoms with van der Waals surface area (Å²) in [6, 6.07) is 6.97. The van der Waals surface area contributed by atoms with Gasteiger partial charge in [-0.2, -0.15) is 0 Å². The van der Waals surface area contributed by atoms with Crippen LogP contribution in [0, 0.1) is 17.8 Å². The van der Waals surface area contributed by atoms with E-state index in [1.165, 1.54) is 12.8 Å². The first kappa shape index (κ1) is 14.6. The molecule has 0 aromatic heterocycles. The molecule has 0 saturated heterocycles. The van der Waals surface area contributed by atoms with Crippen LogP contribution >= 0.6 is 15.9 Å². The molecular formula is C16H18BrNO3. The summed E-state index contributed by atoms with van der Waals surface area (Å²) in [7, 11) is 0. The van der Waals surface area contributed by atoms with Gasteiger partial charge >= 0.3 is 5.97 Å². The fourth-order valence-electron chi connectivity index (χ4n) is 2.96. The largest absolute Gasteiger partial charge is 0.481 e. The van der Waals surface area contributed by atoms with Crippen molar-refractivity contribution in [2.75, 3.05) is 0 Å². The molecular weight excluding hydrogens is 334 g/mol. The van der Waals surface area contributed by atoms with E-state index in [0.717, 1.165) is 22.4 Å². The summed E-state index contributed by atoms with van der Waals surface area (Å²) in [5.41, 5.74) is 0.831. The first-order chi connectivity index (χ1) is 10.0. The standard InChI is InChI=1S/C16H18BrNO3/c17-11-5-3-10(4-6-11)14(8-15(19)20)18-16(21)13-7-12(13)9-1-2-9/h3-6,9,12-14H,1-2,7-8H2,(H,18,21)(H,19,20). The van der Waals surface area contributed by atoms with Crippen molar-refractivity contribution < 1.29 is 14.7 Å². The van der Waals surface area contributed by atoms with Gasteiger partial charge in [0.1, 0.15) is 0 Å². The van der Waals surface area contributed by atoms with Crippen molar-refractivity contribution in [3.8, 4) is 0 Å². The molecule has 0 radical (unpaired) electrons. The summed E-state index contributed by atoms with van der Waals surface area (Å²) < 4.78 is 0.933. The van der Waals surface area contributed by atoms with Crippen LogP contribution in [0.5, 0.6) is 0 Å². The average Bonchev–Trinajstić information content (AvgIpc) is 3.28. The van der Waals surface area contributed by atoms with Gasteiger partial charge in [0.2, 0.25) is 5.91 Å². The summed E-state index contributed by atoms with van der Waals surface area (Å²) in [5.74, 6) is 0.495. The van der Waals surface area contributed by atoms with Gasteiger partial charge in [-0.3, -0.25) is 9.59 Å². The van der Waals surface area contributed by atoms with Gasteiger partial charge in [-0.15, -0.1) is 0 Å². The van der Waals surface area contributed by atoms with Gasteiger partial charge in [-0.25, -0.2) is 0 Å². The monoisotopic (exact) mass is 351 g/mol. The highest BCUT2D eigenvalue weighted by Gasteiger charge is 2.51. The third-order valence-corrected chi connectivity index (χ3v) is 4.90. The Labute approximate surface area is 132 Å². The molecule has 2 saturated carbocycles. The van der Waals surface area contributed by atoms with E-state index in [1.807, 2.05) is 24.3 Å². The SMILES string of the molecule is O=C(O)CC(NC(=O)C1CC1C1CC1)c1ccc(Br)cc1. The Hall–Kier alpha value is -1.36. The molecule has 2 aliphatic rings. The van der Waals surface area contributed by atoms with Crippen molar-refractivity contribution in [3.05, 3.63) is 34.3 Å². The Kier molecular flexibility index (Phi) is 4.02. The zero-order valence-corrected chi connectivity index (χ0v) is 13.2. The van der Waals surface area contributed by atoms with Gasteiger partial charge in [0.05, 0.1) is 12.5 Å². The van der Waals surface area contributed by atoms with Crippen LogP contribution in [-0.2, 0) is 9.59 Å². The highest BCUT2D eigenvalue weighted by Crippen LogP contribution is 2.54. The van der Waals surface area contributed by atoms with E-state index < -0.39 is 12.0 Å². The van der Waals surface area contributed by atoms with Crippen molar-refractivity contribution in [2.24, 2.45) is 17.8 Å². The van der Waals surface area contributed by atoms with Crippen molar-refractivity contribution >= 4 is 27.8 Å². The second-order valence-electron chi connectivity index (χ2n) is 6.05. The normalized spacial score (nSPS) is 25.2. The van der Waals surface area contributed by atoms with Crippen LogP contribution in [-0.4, -0.2) is 17.0 Å². The van der Waals surface area contributed by atoms with Crippen LogP contribution in [0.3, 0.4) is 0 Å². The first-order valence-corrected chi connectivity index (χ1v) is 8.11. The molecule has 2 N–H and O–H groups in total. The van der Waals surface area contributed by atoms with E-state index in [2.05, 4.69) is 21.2 Å². The highest BCUT2D eigenvalue weighted by molar-refractivity contribution is 9.10. The average molecular weight is 352 g/mol. The quantitative estimate of drug-likeness (QED) is 0.827. The molecule has 2 aliphatic carbocycles. The smallest absolute Gasteiger partial charge is 0.305 e. The van der Waals surface area contributed by atoms with Gasteiger partial charge in [0.25, 0.3) is 0 Å². The molecule has 1 amide bonds. The zero-order valence-electron chi connectivity index (χ0n) is 11.6. The number of carboxylic acid groups (broad SMARTS) is 1. The Morgan fingerprint density at radius 2 is 1.95 bits per heavy atom. The van der Waals surface area contributed by atoms with E-state index >= 15 is 0 Å². The number of hydrogen-bond donors (Lipinski definition) is 2. The minimum Gasteiger partial charge on any atom is -0.481 e. The van der Waals surface area contributed by atoms with E-state index in [0.29, 0.717) is 5.92 Å². The van der Waals surface area contributed by atoms with Crippen molar-refractivity contribution in [3.63, 3.8) is 0 Å². The fraction of sp³-hybridized carbons (Fsp3) is 0.500. The van der Waals surface area contributed by atoms with Gasteiger partial charge in [-0.1, -0.05) is 28.1 Å². The molecule has 0 spiro atoms. The predicted octanol–water partition coefficient (Wildman–Crippen LogP) is 3.13. The van der Waals surface area contributed by atoms with Crippen LogP contribution < -0.4 is 5.32 Å². The number of carbonyl (C=O) groups excluding carboxylic acids is 1. The molecule has 3 rings (SSSR count). The topological polar surface area (TPSA) is 66.4 Å². The van der Waals surface area contributed by atoms with Crippen LogP contribution in [0.4, 0.5) is 0 Å². The second-order valence-corrected chi connectivity index (χ2v) is 6.97. The van der Waals surface area contributed by atoms with Crippen LogP contribution in [0.15, 0.2) is 28.7 Å². The van der Waals surface area contributed by atoms with Crippen LogP contribution in [0.1, 0.15) is 37.3 Å². The number of aliphatic carboxylic acids is 1. The number of hydrogen-bond acceptors (Lipinski definition) is 2. The maximum Gasteiger partial charge on any atom is 0.305 e. The summed E-state index contributed by atoms with van der Waals surface area (Å²) >= 11 is 3.36. The van der Waals surface area contributed by atoms with Crippen molar-refractivity contribution in [1.29, 1.82) is 0 Å². The molecule has 2 fully saturated rings. The molecule has 4 nitrogen and oxygen atoms in total. The summed E-state index contributed by atoms with van der Waals surface area (Å²) in [6.07, 6.45) is 3.38. The summed E-state index contributed by atoms with van der Waals surface area (Å²) in [4.78, 5) is 23.3. The third-order valence-electron chi connectivity index (χ3n) is 4.37. The molecule has 5 heteroatoms. The molecule has 112 valence electrons. The Balaban J connectivity index is 1.65. The van der Waals surface area contributed by atoms with Crippen LogP contribution in [0.25, 0.3) is 0 Å². The molecule has 3 atom stereocenters. The molecule has 3 unspecified atom stereocenters. The minimum atomic E-state index is -0.905. The molecule has 0 aliphatic heterocycles. The maximum atomic E-state index is 12.3. The Bertz CT molecular complexity index is 553. The van der Waals surface area contributed by atoms with E-state index in [9.17, 15) is 9.59 Å². The van der Waals surface area contributed by atoms with Crippen molar-refractivity contribution in [2.45, 2.75) is 31.7 Å². The van der Waals surface area contributed by atoms with Gasteiger partial charge < -0.3 is 10.4 Å². The van der Waals surface area contributed by atoms with Gasteiger partial charge in [0.15, 0.2) is 0 Å². The minimum absolute atomic E-state index is 0.0149. The number of rotatable bonds is 6. The summed E-state index contributed by atoms with van der Waals surface area (Å²) in [5, 5.41) is 12.0. The number of carboxylic acids is 1. The van der Waals surface area contributed by atoms with Gasteiger partial charge in [0, 0.05) is 10.4 Å². The molecule has 21 heavy (non-hydrogen) atoms. The predicted molar refractivity (Wildman–Crippen MR) is 81.6 cm³/mol. The fourth-order valence-corrected chi connectivity index (χ4v) is 3.23. The lowest BCUT2D eigenvalue weighted by Gasteiger charge is -2.17. The van der Waals surface area contributed by atoms with E-state index in [1.54, 1.807) is 0 Å². The van der Waals surface area contributed by atoms with E-state index in [4.69, 9.17) is 5.11 Å². The Morgan fingerprint density at radius 1 is 1.29 bits per heavy atom. The first-order valence-electron chi connectivity index (χ1n) is 7.32. The summed E-state index contributed by atoms with van der Waals surface area (Å²) in [6.45, 7) is 0. The number of nitrogens with one attached hydrogen (secondary N) is 1. The molecule has 1 aromatic carbocycles. The van der Waals surface area contributed by atoms with Crippen molar-refractivity contribution in [1.82, 2.24) is 5.32 Å².